The zero-order chi connectivity index (χ0) is 24.6. The molecule has 0 saturated carbocycles. The quantitative estimate of drug-likeness (QED) is 0.383. The Balaban J connectivity index is 1.72. The Morgan fingerprint density at radius 2 is 2.18 bits per heavy atom. The van der Waals surface area contributed by atoms with Crippen molar-refractivity contribution >= 4 is 5.97 Å². The fraction of sp³-hybridized carbons (Fsp3) is 0.423. The van der Waals surface area contributed by atoms with Crippen LogP contribution in [0.15, 0.2) is 54.9 Å². The van der Waals surface area contributed by atoms with Crippen LogP contribution in [-0.2, 0) is 19.0 Å². The first-order chi connectivity index (χ1) is 16.3. The molecule has 8 heteroatoms. The Kier molecular flexibility index (Phi) is 8.74. The molecule has 34 heavy (non-hydrogen) atoms. The van der Waals surface area contributed by atoms with E-state index in [1.165, 1.54) is 19.2 Å². The van der Waals surface area contributed by atoms with Crippen molar-refractivity contribution < 1.29 is 28.1 Å². The molecule has 0 spiro atoms. The van der Waals surface area contributed by atoms with Crippen molar-refractivity contribution in [2.45, 2.75) is 51.1 Å². The van der Waals surface area contributed by atoms with Crippen LogP contribution in [0.1, 0.15) is 50.3 Å². The molecule has 3 atom stereocenters. The number of rotatable bonds is 9. The third-order valence-electron chi connectivity index (χ3n) is 5.52. The molecule has 2 heterocycles. The highest BCUT2D eigenvalue weighted by Gasteiger charge is 2.42. The number of allylic oxidation sites excluding steroid dienone is 2. The Morgan fingerprint density at radius 3 is 2.88 bits per heavy atom. The second kappa shape index (κ2) is 11.7. The first-order valence-electron chi connectivity index (χ1n) is 11.1. The summed E-state index contributed by atoms with van der Waals surface area (Å²) in [5, 5.41) is 9.34. The van der Waals surface area contributed by atoms with Gasteiger partial charge in [-0.2, -0.15) is 5.26 Å². The van der Waals surface area contributed by atoms with Crippen molar-refractivity contribution in [3.63, 3.8) is 0 Å². The topological polar surface area (TPSA) is 90.7 Å². The highest BCUT2D eigenvalue weighted by atomic mass is 19.1. The van der Waals surface area contributed by atoms with E-state index in [0.29, 0.717) is 25.9 Å². The molecule has 0 N–H and O–H groups in total. The molecule has 0 radical (unpaired) electrons. The summed E-state index contributed by atoms with van der Waals surface area (Å²) >= 11 is 0. The van der Waals surface area contributed by atoms with Crippen LogP contribution in [0.5, 0.6) is 5.75 Å². The summed E-state index contributed by atoms with van der Waals surface area (Å²) in [4.78, 5) is 15.5. The summed E-state index contributed by atoms with van der Waals surface area (Å²) in [5.41, 5.74) is 0.0484. The standard InChI is InChI=1S/C26H29FN2O5/c1-26(2,34-22-12-11-21(27)14-20(22)15-28)25-32-17-19(8-5-4-6-10-23(30)31-3)24(33-25)18-9-7-13-29-16-18/h4-5,7,9,11-14,16,19,24-25H,6,8,10,17H2,1-3H3/b5-4-/t19-,24-,25+/m1/s1. The average Bonchev–Trinajstić information content (AvgIpc) is 2.85. The van der Waals surface area contributed by atoms with Gasteiger partial charge < -0.3 is 18.9 Å². The van der Waals surface area contributed by atoms with E-state index in [9.17, 15) is 14.4 Å². The molecule has 0 amide bonds. The van der Waals surface area contributed by atoms with Crippen LogP contribution in [0, 0.1) is 23.1 Å². The molecular weight excluding hydrogens is 439 g/mol. The van der Waals surface area contributed by atoms with Crippen molar-refractivity contribution in [3.8, 4) is 11.8 Å². The number of nitriles is 1. The van der Waals surface area contributed by atoms with Gasteiger partial charge in [-0.25, -0.2) is 4.39 Å². The van der Waals surface area contributed by atoms with E-state index in [2.05, 4.69) is 9.72 Å². The Morgan fingerprint density at radius 1 is 1.35 bits per heavy atom. The number of pyridine rings is 1. The SMILES string of the molecule is COC(=O)CC/C=C\C[C@@H]1CO[C@H](C(C)(C)Oc2ccc(F)cc2C#N)O[C@@H]1c1cccnc1. The van der Waals surface area contributed by atoms with Gasteiger partial charge in [-0.1, -0.05) is 18.2 Å². The number of benzene rings is 1. The molecular formula is C26H29FN2O5. The van der Waals surface area contributed by atoms with Gasteiger partial charge >= 0.3 is 5.97 Å². The molecule has 2 aromatic rings. The number of hydrogen-bond acceptors (Lipinski definition) is 7. The maximum absolute atomic E-state index is 13.5. The molecule has 1 aliphatic rings. The molecule has 7 nitrogen and oxygen atoms in total. The van der Waals surface area contributed by atoms with Crippen LogP contribution in [0.3, 0.4) is 0 Å². The van der Waals surface area contributed by atoms with Gasteiger partial charge in [0.1, 0.15) is 17.6 Å². The van der Waals surface area contributed by atoms with E-state index in [1.54, 1.807) is 26.2 Å². The van der Waals surface area contributed by atoms with E-state index < -0.39 is 17.7 Å². The summed E-state index contributed by atoms with van der Waals surface area (Å²) < 4.78 is 36.7. The number of carbonyl (C=O) groups is 1. The number of nitrogens with zero attached hydrogens (tertiary/aromatic N) is 2. The summed E-state index contributed by atoms with van der Waals surface area (Å²) in [6, 6.07) is 9.57. The van der Waals surface area contributed by atoms with Gasteiger partial charge in [0.2, 0.25) is 0 Å². The van der Waals surface area contributed by atoms with E-state index in [0.717, 1.165) is 11.6 Å². The number of methoxy groups -OCH3 is 1. The summed E-state index contributed by atoms with van der Waals surface area (Å²) in [6.45, 7) is 4.01. The molecule has 0 bridgehead atoms. The lowest BCUT2D eigenvalue weighted by molar-refractivity contribution is -0.288. The molecule has 0 unspecified atom stereocenters. The van der Waals surface area contributed by atoms with Crippen LogP contribution >= 0.6 is 0 Å². The summed E-state index contributed by atoms with van der Waals surface area (Å²) in [5.74, 6) is -0.472. The smallest absolute Gasteiger partial charge is 0.305 e. The van der Waals surface area contributed by atoms with Crippen molar-refractivity contribution in [3.05, 3.63) is 71.8 Å². The molecule has 0 aliphatic carbocycles. The van der Waals surface area contributed by atoms with Gasteiger partial charge in [0, 0.05) is 24.7 Å². The lowest BCUT2D eigenvalue weighted by Crippen LogP contribution is -2.50. The molecule has 1 aromatic carbocycles. The number of ether oxygens (including phenoxy) is 4. The number of hydrogen-bond donors (Lipinski definition) is 0. The van der Waals surface area contributed by atoms with Gasteiger partial charge in [-0.15, -0.1) is 0 Å². The van der Waals surface area contributed by atoms with Gasteiger partial charge in [0.15, 0.2) is 11.9 Å². The minimum atomic E-state index is -0.967. The summed E-state index contributed by atoms with van der Waals surface area (Å²) in [7, 11) is 1.38. The molecule has 1 aliphatic heterocycles. The zero-order valence-corrected chi connectivity index (χ0v) is 19.6. The van der Waals surface area contributed by atoms with Crippen molar-refractivity contribution in [1.29, 1.82) is 5.26 Å². The number of esters is 1. The van der Waals surface area contributed by atoms with Gasteiger partial charge in [0.25, 0.3) is 0 Å². The van der Waals surface area contributed by atoms with Gasteiger partial charge in [-0.3, -0.25) is 9.78 Å². The number of halogens is 1. The van der Waals surface area contributed by atoms with E-state index >= 15 is 0 Å². The zero-order valence-electron chi connectivity index (χ0n) is 19.6. The van der Waals surface area contributed by atoms with E-state index in [1.807, 2.05) is 30.4 Å². The number of carbonyl (C=O) groups excluding carboxylic acids is 1. The molecule has 1 saturated heterocycles. The highest BCUT2D eigenvalue weighted by molar-refractivity contribution is 5.69. The Labute approximate surface area is 199 Å². The van der Waals surface area contributed by atoms with Crippen LogP contribution in [0.2, 0.25) is 0 Å². The molecule has 3 rings (SSSR count). The monoisotopic (exact) mass is 468 g/mol. The first-order valence-corrected chi connectivity index (χ1v) is 11.1. The maximum Gasteiger partial charge on any atom is 0.305 e. The predicted octanol–water partition coefficient (Wildman–Crippen LogP) is 4.88. The van der Waals surface area contributed by atoms with Crippen molar-refractivity contribution in [2.75, 3.05) is 13.7 Å². The Hall–Kier alpha value is -3.28. The minimum Gasteiger partial charge on any atom is -0.481 e. The first kappa shape index (κ1) is 25.3. The average molecular weight is 469 g/mol. The third-order valence-corrected chi connectivity index (χ3v) is 5.52. The number of aromatic nitrogens is 1. The van der Waals surface area contributed by atoms with Crippen LogP contribution in [0.4, 0.5) is 4.39 Å². The fourth-order valence-electron chi connectivity index (χ4n) is 3.74. The van der Waals surface area contributed by atoms with Crippen molar-refractivity contribution in [1.82, 2.24) is 4.98 Å². The third kappa shape index (κ3) is 6.62. The lowest BCUT2D eigenvalue weighted by atomic mass is 9.92. The summed E-state index contributed by atoms with van der Waals surface area (Å²) in [6.07, 6.45) is 8.01. The molecule has 1 fully saturated rings. The van der Waals surface area contributed by atoms with Crippen LogP contribution < -0.4 is 4.74 Å². The largest absolute Gasteiger partial charge is 0.481 e. The molecule has 1 aromatic heterocycles. The Bertz CT molecular complexity index is 1040. The predicted molar refractivity (Wildman–Crippen MR) is 122 cm³/mol. The van der Waals surface area contributed by atoms with E-state index in [4.69, 9.17) is 14.2 Å². The van der Waals surface area contributed by atoms with Crippen LogP contribution in [0.25, 0.3) is 0 Å². The normalized spacial score (nSPS) is 20.6. The maximum atomic E-state index is 13.5. The second-order valence-electron chi connectivity index (χ2n) is 8.55. The van der Waals surface area contributed by atoms with Gasteiger partial charge in [-0.05, 0) is 56.5 Å². The van der Waals surface area contributed by atoms with Crippen molar-refractivity contribution in [2.24, 2.45) is 5.92 Å². The van der Waals surface area contributed by atoms with E-state index in [-0.39, 0.29) is 29.3 Å². The lowest BCUT2D eigenvalue weighted by Gasteiger charge is -2.43. The highest BCUT2D eigenvalue weighted by Crippen LogP contribution is 2.38. The fourth-order valence-corrected chi connectivity index (χ4v) is 3.74. The van der Waals surface area contributed by atoms with Gasteiger partial charge in [0.05, 0.1) is 25.4 Å². The minimum absolute atomic E-state index is 0.0196. The second-order valence-corrected chi connectivity index (χ2v) is 8.55. The molecule has 180 valence electrons. The van der Waals surface area contributed by atoms with Crippen LogP contribution in [-0.4, -0.2) is 36.6 Å².